The summed E-state index contributed by atoms with van der Waals surface area (Å²) >= 11 is 5.89. The molecule has 2 bridgehead atoms. The monoisotopic (exact) mass is 531 g/mol. The van der Waals surface area contributed by atoms with Gasteiger partial charge < -0.3 is 20.3 Å². The number of nitrogens with zero attached hydrogens (tertiary/aromatic N) is 1. The van der Waals surface area contributed by atoms with E-state index in [9.17, 15) is 18.8 Å². The smallest absolute Gasteiger partial charge is 0.246 e. The molecule has 37 heavy (non-hydrogen) atoms. The molecule has 0 unspecified atom stereocenters. The highest BCUT2D eigenvalue weighted by molar-refractivity contribution is 6.31. The van der Waals surface area contributed by atoms with Crippen molar-refractivity contribution in [3.05, 3.63) is 41.2 Å². The standard InChI is InChI=1S/C28H35ClFN3O4/c1-14-7-6-8-19(15(14)2)32-25(35)23-28-12-11-20(37-28)21(22(28)26(36)33(23)27(3,4)5)24(34)31-16-9-10-18(30)17(29)13-16/h9-15,19-23H,6-8H2,1-5H3,(H,31,34)(H,32,35)/t14-,15-,19+,20-,21+,22-,23+,28+/m1/s1. The highest BCUT2D eigenvalue weighted by Gasteiger charge is 2.74. The van der Waals surface area contributed by atoms with E-state index < -0.39 is 46.8 Å². The highest BCUT2D eigenvalue weighted by Crippen LogP contribution is 2.56. The maximum absolute atomic E-state index is 14.0. The number of hydrogen-bond acceptors (Lipinski definition) is 4. The Morgan fingerprint density at radius 2 is 1.92 bits per heavy atom. The largest absolute Gasteiger partial charge is 0.359 e. The molecule has 0 radical (unpaired) electrons. The van der Waals surface area contributed by atoms with Crippen molar-refractivity contribution in [2.24, 2.45) is 23.7 Å². The topological polar surface area (TPSA) is 87.7 Å². The van der Waals surface area contributed by atoms with E-state index in [0.29, 0.717) is 17.5 Å². The Hall–Kier alpha value is -2.45. The predicted octanol–water partition coefficient (Wildman–Crippen LogP) is 4.31. The Morgan fingerprint density at radius 1 is 1.19 bits per heavy atom. The van der Waals surface area contributed by atoms with Crippen LogP contribution in [-0.2, 0) is 19.1 Å². The minimum atomic E-state index is -1.23. The van der Waals surface area contributed by atoms with E-state index in [2.05, 4.69) is 24.5 Å². The highest BCUT2D eigenvalue weighted by atomic mass is 35.5. The molecule has 0 aromatic heterocycles. The molecule has 7 nitrogen and oxygen atoms in total. The van der Waals surface area contributed by atoms with Gasteiger partial charge in [0.15, 0.2) is 0 Å². The van der Waals surface area contributed by atoms with E-state index in [-0.39, 0.29) is 22.9 Å². The van der Waals surface area contributed by atoms with Gasteiger partial charge in [-0.1, -0.05) is 50.4 Å². The molecule has 3 heterocycles. The van der Waals surface area contributed by atoms with Crippen LogP contribution in [0.15, 0.2) is 30.4 Å². The average Bonchev–Trinajstić information content (AvgIpc) is 3.46. The molecule has 4 aliphatic rings. The summed E-state index contributed by atoms with van der Waals surface area (Å²) in [5.74, 6) is -2.40. The van der Waals surface area contributed by atoms with Gasteiger partial charge in [-0.3, -0.25) is 14.4 Å². The van der Waals surface area contributed by atoms with Crippen LogP contribution in [0.1, 0.15) is 53.9 Å². The van der Waals surface area contributed by atoms with Gasteiger partial charge in [0.2, 0.25) is 17.7 Å². The molecule has 9 heteroatoms. The van der Waals surface area contributed by atoms with Crippen molar-refractivity contribution in [3.63, 3.8) is 0 Å². The number of likely N-dealkylation sites (tertiary alicyclic amines) is 1. The predicted molar refractivity (Wildman–Crippen MR) is 138 cm³/mol. The molecular weight excluding hydrogens is 497 g/mol. The molecule has 1 aromatic carbocycles. The van der Waals surface area contributed by atoms with Crippen molar-refractivity contribution >= 4 is 35.0 Å². The summed E-state index contributed by atoms with van der Waals surface area (Å²) in [7, 11) is 0. The summed E-state index contributed by atoms with van der Waals surface area (Å²) in [6.45, 7) is 10.0. The normalized spacial score (nSPS) is 36.6. The Morgan fingerprint density at radius 3 is 2.59 bits per heavy atom. The fraction of sp³-hybridized carbons (Fsp3) is 0.607. The third-order valence-corrected chi connectivity index (χ3v) is 9.06. The van der Waals surface area contributed by atoms with Gasteiger partial charge in [0.1, 0.15) is 17.5 Å². The summed E-state index contributed by atoms with van der Waals surface area (Å²) < 4.78 is 20.0. The zero-order valence-corrected chi connectivity index (χ0v) is 22.6. The minimum absolute atomic E-state index is 0.0218. The summed E-state index contributed by atoms with van der Waals surface area (Å²) in [4.78, 5) is 43.0. The number of rotatable bonds is 4. The lowest BCUT2D eigenvalue weighted by Crippen LogP contribution is -2.61. The zero-order chi connectivity index (χ0) is 26.9. The number of anilines is 1. The van der Waals surface area contributed by atoms with Gasteiger partial charge in [-0.2, -0.15) is 0 Å². The summed E-state index contributed by atoms with van der Waals surface area (Å²) in [6.07, 6.45) is 6.03. The number of carbonyl (C=O) groups excluding carboxylic acids is 3. The van der Waals surface area contributed by atoms with Gasteiger partial charge in [0, 0.05) is 17.3 Å². The average molecular weight is 532 g/mol. The van der Waals surface area contributed by atoms with Crippen LogP contribution in [0, 0.1) is 29.5 Å². The first-order valence-electron chi connectivity index (χ1n) is 13.1. The quantitative estimate of drug-likeness (QED) is 0.567. The molecule has 3 aliphatic heterocycles. The Balaban J connectivity index is 1.46. The molecule has 2 saturated heterocycles. The van der Waals surface area contributed by atoms with Crippen LogP contribution in [0.3, 0.4) is 0 Å². The van der Waals surface area contributed by atoms with Crippen molar-refractivity contribution in [1.29, 1.82) is 0 Å². The second-order valence-electron chi connectivity index (χ2n) is 12.1. The van der Waals surface area contributed by atoms with Crippen LogP contribution in [0.2, 0.25) is 5.02 Å². The van der Waals surface area contributed by atoms with Gasteiger partial charge in [-0.25, -0.2) is 4.39 Å². The number of hydrogen-bond donors (Lipinski definition) is 2. The van der Waals surface area contributed by atoms with Crippen molar-refractivity contribution in [1.82, 2.24) is 10.2 Å². The molecule has 1 aliphatic carbocycles. The van der Waals surface area contributed by atoms with E-state index in [1.54, 1.807) is 11.0 Å². The van der Waals surface area contributed by atoms with Crippen molar-refractivity contribution in [2.45, 2.75) is 83.2 Å². The Labute approximate surface area is 222 Å². The lowest BCUT2D eigenvalue weighted by Gasteiger charge is -2.41. The van der Waals surface area contributed by atoms with Crippen LogP contribution in [0.5, 0.6) is 0 Å². The molecule has 2 N–H and O–H groups in total. The summed E-state index contributed by atoms with van der Waals surface area (Å²) in [5, 5.41) is 5.90. The number of fused-ring (bicyclic) bond motifs is 1. The van der Waals surface area contributed by atoms with Crippen LogP contribution >= 0.6 is 11.6 Å². The van der Waals surface area contributed by atoms with Gasteiger partial charge in [-0.15, -0.1) is 0 Å². The molecule has 3 fully saturated rings. The minimum Gasteiger partial charge on any atom is -0.359 e. The maximum Gasteiger partial charge on any atom is 0.246 e. The molecule has 1 saturated carbocycles. The fourth-order valence-electron chi connectivity index (χ4n) is 6.74. The number of carbonyl (C=O) groups is 3. The summed E-state index contributed by atoms with van der Waals surface area (Å²) in [5.41, 5.74) is -1.58. The van der Waals surface area contributed by atoms with E-state index in [4.69, 9.17) is 16.3 Å². The van der Waals surface area contributed by atoms with Gasteiger partial charge in [0.05, 0.1) is 23.0 Å². The Kier molecular flexibility index (Phi) is 6.43. The molecule has 200 valence electrons. The number of benzene rings is 1. The molecule has 8 atom stereocenters. The van der Waals surface area contributed by atoms with Crippen molar-refractivity contribution < 1.29 is 23.5 Å². The van der Waals surface area contributed by atoms with Crippen LogP contribution < -0.4 is 10.6 Å². The van der Waals surface area contributed by atoms with E-state index in [1.165, 1.54) is 18.2 Å². The summed E-state index contributed by atoms with van der Waals surface area (Å²) in [6, 6.07) is 3.04. The molecule has 3 amide bonds. The molecule has 1 aromatic rings. The van der Waals surface area contributed by atoms with Crippen molar-refractivity contribution in [2.75, 3.05) is 5.32 Å². The number of ether oxygens (including phenoxy) is 1. The first-order chi connectivity index (χ1) is 17.3. The zero-order valence-electron chi connectivity index (χ0n) is 21.9. The molecule has 5 rings (SSSR count). The van der Waals surface area contributed by atoms with E-state index >= 15 is 0 Å². The number of nitrogens with one attached hydrogen (secondary N) is 2. The Bertz CT molecular complexity index is 1170. The number of halogens is 2. The van der Waals surface area contributed by atoms with E-state index in [1.807, 2.05) is 26.8 Å². The second-order valence-corrected chi connectivity index (χ2v) is 12.5. The maximum atomic E-state index is 14.0. The third kappa shape index (κ3) is 4.16. The van der Waals surface area contributed by atoms with Gasteiger partial charge >= 0.3 is 0 Å². The van der Waals surface area contributed by atoms with Crippen LogP contribution in [0.25, 0.3) is 0 Å². The first kappa shape index (κ1) is 26.2. The lowest BCUT2D eigenvalue weighted by atomic mass is 9.73. The second kappa shape index (κ2) is 9.09. The van der Waals surface area contributed by atoms with E-state index in [0.717, 1.165) is 19.3 Å². The fourth-order valence-corrected chi connectivity index (χ4v) is 6.92. The third-order valence-electron chi connectivity index (χ3n) is 8.77. The number of amides is 3. The van der Waals surface area contributed by atoms with Gasteiger partial charge in [-0.05, 0) is 57.2 Å². The molecular formula is C28H35ClFN3O4. The van der Waals surface area contributed by atoms with Gasteiger partial charge in [0.25, 0.3) is 0 Å². The SMILES string of the molecule is C[C@@H]1[C@H](C)CCC[C@@H]1NC(=O)[C@@H]1N(C(C)(C)C)C(=O)[C@H]2[C@@H](C(=O)Nc3ccc(F)c(Cl)c3)[C@H]3C=C[C@@]12O3. The lowest BCUT2D eigenvalue weighted by molar-refractivity contribution is -0.147. The molecule has 1 spiro atoms. The van der Waals surface area contributed by atoms with Crippen molar-refractivity contribution in [3.8, 4) is 0 Å². The first-order valence-corrected chi connectivity index (χ1v) is 13.5. The van der Waals surface area contributed by atoms with Crippen LogP contribution in [-0.4, -0.2) is 51.9 Å². The van der Waals surface area contributed by atoms with Crippen LogP contribution in [0.4, 0.5) is 10.1 Å².